The lowest BCUT2D eigenvalue weighted by molar-refractivity contribution is 0.0995. The number of carbonyl (C=O) groups excluding carboxylic acids is 1. The summed E-state index contributed by atoms with van der Waals surface area (Å²) in [7, 11) is 0. The molecule has 0 fully saturated rings. The highest BCUT2D eigenvalue weighted by Gasteiger charge is 2.12. The second-order valence-electron chi connectivity index (χ2n) is 4.36. The topological polar surface area (TPSA) is 36.1 Å². The van der Waals surface area contributed by atoms with Crippen molar-refractivity contribution in [2.24, 2.45) is 0 Å². The molecule has 0 unspecified atom stereocenters. The number of nitrogens with one attached hydrogen (secondary N) is 1. The third-order valence-corrected chi connectivity index (χ3v) is 3.01. The lowest BCUT2D eigenvalue weighted by atomic mass is 10.2. The lowest BCUT2D eigenvalue weighted by Crippen LogP contribution is -2.29. The van der Waals surface area contributed by atoms with Gasteiger partial charge in [0.15, 0.2) is 5.78 Å². The van der Waals surface area contributed by atoms with Gasteiger partial charge in [0.25, 0.3) is 0 Å². The van der Waals surface area contributed by atoms with E-state index in [0.29, 0.717) is 12.2 Å². The first kappa shape index (κ1) is 12.4. The summed E-state index contributed by atoms with van der Waals surface area (Å²) in [5, 5.41) is 0. The normalized spacial score (nSPS) is 10.3. The van der Waals surface area contributed by atoms with Gasteiger partial charge in [-0.05, 0) is 38.1 Å². The number of hydrogen-bond acceptors (Lipinski definition) is 2. The van der Waals surface area contributed by atoms with Gasteiger partial charge in [-0.25, -0.2) is 0 Å². The van der Waals surface area contributed by atoms with E-state index < -0.39 is 0 Å². The summed E-state index contributed by atoms with van der Waals surface area (Å²) in [6, 6.07) is 11.9. The van der Waals surface area contributed by atoms with Crippen LogP contribution in [0.25, 0.3) is 0 Å². The van der Waals surface area contributed by atoms with Crippen molar-refractivity contribution in [3.05, 3.63) is 53.9 Å². The molecular formula is C15H18N2O. The molecule has 1 aromatic carbocycles. The Bertz CT molecular complexity index is 500. The minimum Gasteiger partial charge on any atom is -0.364 e. The minimum atomic E-state index is 0.113. The van der Waals surface area contributed by atoms with Crippen LogP contribution in [0.2, 0.25) is 0 Å². The van der Waals surface area contributed by atoms with E-state index in [9.17, 15) is 4.79 Å². The van der Waals surface area contributed by atoms with Crippen LogP contribution in [0.3, 0.4) is 0 Å². The maximum atomic E-state index is 12.0. The van der Waals surface area contributed by atoms with Crippen LogP contribution in [-0.4, -0.2) is 23.9 Å². The van der Waals surface area contributed by atoms with E-state index in [0.717, 1.165) is 12.2 Å². The quantitative estimate of drug-likeness (QED) is 0.818. The molecule has 0 saturated carbocycles. The largest absolute Gasteiger partial charge is 0.364 e. The van der Waals surface area contributed by atoms with Gasteiger partial charge in [0, 0.05) is 18.4 Å². The first-order valence-corrected chi connectivity index (χ1v) is 6.19. The SMILES string of the molecule is CCN(CC(=O)c1ccc[nH]1)c1ccc(C)cc1. The predicted octanol–water partition coefficient (Wildman–Crippen LogP) is 3.03. The fourth-order valence-electron chi connectivity index (χ4n) is 1.90. The monoisotopic (exact) mass is 242 g/mol. The second-order valence-corrected chi connectivity index (χ2v) is 4.36. The lowest BCUT2D eigenvalue weighted by Gasteiger charge is -2.22. The fraction of sp³-hybridized carbons (Fsp3) is 0.267. The predicted molar refractivity (Wildman–Crippen MR) is 74.2 cm³/mol. The van der Waals surface area contributed by atoms with Gasteiger partial charge in [0.05, 0.1) is 12.2 Å². The maximum absolute atomic E-state index is 12.0. The third kappa shape index (κ3) is 2.80. The molecule has 3 heteroatoms. The number of anilines is 1. The highest BCUT2D eigenvalue weighted by molar-refractivity contribution is 5.97. The molecule has 0 aliphatic heterocycles. The summed E-state index contributed by atoms with van der Waals surface area (Å²) >= 11 is 0. The number of ketones is 1. The van der Waals surface area contributed by atoms with E-state index in [1.807, 2.05) is 12.1 Å². The van der Waals surface area contributed by atoms with Crippen LogP contribution in [0.15, 0.2) is 42.6 Å². The number of rotatable bonds is 5. The van der Waals surface area contributed by atoms with Crippen molar-refractivity contribution >= 4 is 11.5 Å². The Morgan fingerprint density at radius 3 is 2.50 bits per heavy atom. The Morgan fingerprint density at radius 1 is 1.22 bits per heavy atom. The van der Waals surface area contributed by atoms with Gasteiger partial charge in [-0.15, -0.1) is 0 Å². The summed E-state index contributed by atoms with van der Waals surface area (Å²) in [6.45, 7) is 5.33. The summed E-state index contributed by atoms with van der Waals surface area (Å²) in [6.07, 6.45) is 1.77. The van der Waals surface area contributed by atoms with Gasteiger partial charge >= 0.3 is 0 Å². The van der Waals surface area contributed by atoms with Crippen LogP contribution in [0.4, 0.5) is 5.69 Å². The van der Waals surface area contributed by atoms with Gasteiger partial charge in [0.1, 0.15) is 0 Å². The summed E-state index contributed by atoms with van der Waals surface area (Å²) < 4.78 is 0. The Morgan fingerprint density at radius 2 is 1.94 bits per heavy atom. The van der Waals surface area contributed by atoms with E-state index in [1.165, 1.54) is 5.56 Å². The number of Topliss-reactive ketones (excluding diaryl/α,β-unsaturated/α-hetero) is 1. The van der Waals surface area contributed by atoms with Crippen molar-refractivity contribution in [1.29, 1.82) is 0 Å². The minimum absolute atomic E-state index is 0.113. The second kappa shape index (κ2) is 5.54. The number of hydrogen-bond donors (Lipinski definition) is 1. The van der Waals surface area contributed by atoms with Crippen LogP contribution in [0, 0.1) is 6.92 Å². The molecule has 3 nitrogen and oxygen atoms in total. The van der Waals surface area contributed by atoms with E-state index in [2.05, 4.69) is 48.0 Å². The van der Waals surface area contributed by atoms with Gasteiger partial charge < -0.3 is 9.88 Å². The van der Waals surface area contributed by atoms with Gasteiger partial charge in [-0.1, -0.05) is 17.7 Å². The smallest absolute Gasteiger partial charge is 0.198 e. The average Bonchev–Trinajstić information content (AvgIpc) is 2.91. The molecule has 0 saturated heterocycles. The van der Waals surface area contributed by atoms with Crippen LogP contribution >= 0.6 is 0 Å². The molecule has 0 atom stereocenters. The number of aromatic amines is 1. The summed E-state index contributed by atoms with van der Waals surface area (Å²) in [5.41, 5.74) is 2.98. The van der Waals surface area contributed by atoms with Crippen molar-refractivity contribution in [3.8, 4) is 0 Å². The highest BCUT2D eigenvalue weighted by Crippen LogP contribution is 2.15. The van der Waals surface area contributed by atoms with Crippen LogP contribution < -0.4 is 4.90 Å². The molecule has 18 heavy (non-hydrogen) atoms. The zero-order valence-corrected chi connectivity index (χ0v) is 10.8. The summed E-state index contributed by atoms with van der Waals surface area (Å²) in [5.74, 6) is 0.113. The average molecular weight is 242 g/mol. The van der Waals surface area contributed by atoms with Crippen LogP contribution in [0.5, 0.6) is 0 Å². The first-order valence-electron chi connectivity index (χ1n) is 6.19. The molecule has 1 heterocycles. The number of aromatic nitrogens is 1. The number of nitrogens with zero attached hydrogens (tertiary/aromatic N) is 1. The van der Waals surface area contributed by atoms with E-state index >= 15 is 0 Å². The molecule has 2 aromatic rings. The van der Waals surface area contributed by atoms with E-state index in [4.69, 9.17) is 0 Å². The molecule has 0 aliphatic carbocycles. The first-order chi connectivity index (χ1) is 8.70. The molecule has 1 aromatic heterocycles. The fourth-order valence-corrected chi connectivity index (χ4v) is 1.90. The Hall–Kier alpha value is -2.03. The third-order valence-electron chi connectivity index (χ3n) is 3.01. The maximum Gasteiger partial charge on any atom is 0.198 e. The molecule has 94 valence electrons. The van der Waals surface area contributed by atoms with Gasteiger partial charge in [0.2, 0.25) is 0 Å². The Labute approximate surface area is 107 Å². The molecule has 0 aliphatic rings. The standard InChI is InChI=1S/C15H18N2O/c1-3-17(13-8-6-12(2)7-9-13)11-15(18)14-5-4-10-16-14/h4-10,16H,3,11H2,1-2H3. The molecule has 0 radical (unpaired) electrons. The number of likely N-dealkylation sites (N-methyl/N-ethyl adjacent to an activating group) is 1. The molecule has 2 rings (SSSR count). The molecule has 0 spiro atoms. The van der Waals surface area contributed by atoms with Crippen LogP contribution in [0.1, 0.15) is 23.0 Å². The zero-order valence-electron chi connectivity index (χ0n) is 10.8. The Kier molecular flexibility index (Phi) is 3.82. The molecule has 0 bridgehead atoms. The van der Waals surface area contributed by atoms with E-state index in [1.54, 1.807) is 6.20 Å². The van der Waals surface area contributed by atoms with Gasteiger partial charge in [-0.2, -0.15) is 0 Å². The summed E-state index contributed by atoms with van der Waals surface area (Å²) in [4.78, 5) is 17.1. The number of carbonyl (C=O) groups is 1. The molecular weight excluding hydrogens is 224 g/mol. The molecule has 1 N–H and O–H groups in total. The van der Waals surface area contributed by atoms with Crippen molar-refractivity contribution < 1.29 is 4.79 Å². The van der Waals surface area contributed by atoms with Crippen molar-refractivity contribution in [1.82, 2.24) is 4.98 Å². The van der Waals surface area contributed by atoms with Crippen molar-refractivity contribution in [2.45, 2.75) is 13.8 Å². The zero-order chi connectivity index (χ0) is 13.0. The number of aryl methyl sites for hydroxylation is 1. The number of benzene rings is 1. The van der Waals surface area contributed by atoms with Crippen molar-refractivity contribution in [2.75, 3.05) is 18.0 Å². The van der Waals surface area contributed by atoms with Crippen LogP contribution in [-0.2, 0) is 0 Å². The van der Waals surface area contributed by atoms with Crippen molar-refractivity contribution in [3.63, 3.8) is 0 Å². The van der Waals surface area contributed by atoms with E-state index in [-0.39, 0.29) is 5.78 Å². The highest BCUT2D eigenvalue weighted by atomic mass is 16.1. The number of H-pyrrole nitrogens is 1. The Balaban J connectivity index is 2.10. The molecule has 0 amide bonds. The van der Waals surface area contributed by atoms with Gasteiger partial charge in [-0.3, -0.25) is 4.79 Å².